The van der Waals surface area contributed by atoms with E-state index in [0.29, 0.717) is 6.54 Å². The van der Waals surface area contributed by atoms with Gasteiger partial charge in [-0.15, -0.1) is 0 Å². The molecule has 1 aromatic rings. The molecule has 3 aliphatic rings. The van der Waals surface area contributed by atoms with E-state index in [1.165, 1.54) is 17.7 Å². The molecule has 1 atom stereocenters. The summed E-state index contributed by atoms with van der Waals surface area (Å²) in [5.74, 6) is 0.243. The minimum Gasteiger partial charge on any atom is -0.370 e. The van der Waals surface area contributed by atoms with Gasteiger partial charge in [0.2, 0.25) is 11.8 Å². The lowest BCUT2D eigenvalue weighted by Gasteiger charge is -2.58. The Morgan fingerprint density at radius 1 is 1.18 bits per heavy atom. The summed E-state index contributed by atoms with van der Waals surface area (Å²) in [5.41, 5.74) is 2.27. The summed E-state index contributed by atoms with van der Waals surface area (Å²) in [5, 5.41) is 3.17. The maximum absolute atomic E-state index is 13.1. The normalized spacial score (nSPS) is 23.5. The standard InChI is InChI=1S/C23H33N3O2/c1-17(2)26-20(23(22(26)28)12-6-3-7-13-23)21(27)24-14-16-25-15-8-10-18-9-4-5-11-19(18)25/h4-5,9,11,17,20H,3,6-8,10,12-16H2,1-2H3,(H,24,27). The Bertz CT molecular complexity index is 739. The van der Waals surface area contributed by atoms with Gasteiger partial charge in [0.15, 0.2) is 0 Å². The molecule has 0 bridgehead atoms. The molecule has 1 aromatic carbocycles. The predicted octanol–water partition coefficient (Wildman–Crippen LogP) is 3.13. The van der Waals surface area contributed by atoms with Gasteiger partial charge in [-0.05, 0) is 51.2 Å². The molecule has 2 fully saturated rings. The Kier molecular flexibility index (Phi) is 5.35. The quantitative estimate of drug-likeness (QED) is 0.795. The van der Waals surface area contributed by atoms with Crippen molar-refractivity contribution in [3.8, 4) is 0 Å². The molecule has 1 saturated heterocycles. The molecule has 4 rings (SSSR count). The summed E-state index contributed by atoms with van der Waals surface area (Å²) in [7, 11) is 0. The number of benzene rings is 1. The van der Waals surface area contributed by atoms with Crippen LogP contribution in [0.3, 0.4) is 0 Å². The number of carbonyl (C=O) groups excluding carboxylic acids is 2. The zero-order valence-corrected chi connectivity index (χ0v) is 17.2. The summed E-state index contributed by atoms with van der Waals surface area (Å²) in [6, 6.07) is 8.36. The molecule has 0 aromatic heterocycles. The van der Waals surface area contributed by atoms with Gasteiger partial charge < -0.3 is 15.1 Å². The highest BCUT2D eigenvalue weighted by Crippen LogP contribution is 2.50. The van der Waals surface area contributed by atoms with Crippen molar-refractivity contribution in [2.45, 2.75) is 70.9 Å². The Morgan fingerprint density at radius 2 is 1.93 bits per heavy atom. The highest BCUT2D eigenvalue weighted by Gasteiger charge is 2.63. The number of likely N-dealkylation sites (tertiary alicyclic amines) is 1. The fraction of sp³-hybridized carbons (Fsp3) is 0.652. The van der Waals surface area contributed by atoms with Crippen LogP contribution in [0.1, 0.15) is 57.9 Å². The van der Waals surface area contributed by atoms with Gasteiger partial charge in [0.25, 0.3) is 0 Å². The zero-order chi connectivity index (χ0) is 19.7. The van der Waals surface area contributed by atoms with Crippen LogP contribution in [0.2, 0.25) is 0 Å². The van der Waals surface area contributed by atoms with Crippen LogP contribution in [0.15, 0.2) is 24.3 Å². The second-order valence-corrected chi connectivity index (χ2v) is 8.94. The van der Waals surface area contributed by atoms with Gasteiger partial charge in [-0.1, -0.05) is 37.5 Å². The number of hydrogen-bond acceptors (Lipinski definition) is 3. The molecule has 1 unspecified atom stereocenters. The van der Waals surface area contributed by atoms with E-state index in [4.69, 9.17) is 0 Å². The number of anilines is 1. The molecule has 1 aliphatic carbocycles. The number of β-lactam (4-membered cyclic amide) rings is 1. The summed E-state index contributed by atoms with van der Waals surface area (Å²) in [4.78, 5) is 30.2. The van der Waals surface area contributed by atoms with Crippen molar-refractivity contribution in [1.29, 1.82) is 0 Å². The van der Waals surface area contributed by atoms with Gasteiger partial charge in [0, 0.05) is 31.4 Å². The maximum atomic E-state index is 13.1. The first-order chi connectivity index (χ1) is 13.5. The van der Waals surface area contributed by atoms with Crippen molar-refractivity contribution in [2.75, 3.05) is 24.5 Å². The lowest BCUT2D eigenvalue weighted by Crippen LogP contribution is -2.75. The third kappa shape index (κ3) is 3.19. The van der Waals surface area contributed by atoms with E-state index in [9.17, 15) is 9.59 Å². The minimum atomic E-state index is -0.426. The Balaban J connectivity index is 1.39. The van der Waals surface area contributed by atoms with E-state index in [1.54, 1.807) is 0 Å². The van der Waals surface area contributed by atoms with Crippen molar-refractivity contribution in [3.63, 3.8) is 0 Å². The number of carbonyl (C=O) groups is 2. The first-order valence-electron chi connectivity index (χ1n) is 11.0. The lowest BCUT2D eigenvalue weighted by molar-refractivity contribution is -0.185. The van der Waals surface area contributed by atoms with Crippen LogP contribution in [-0.2, 0) is 16.0 Å². The fourth-order valence-corrected chi connectivity index (χ4v) is 5.53. The molecular weight excluding hydrogens is 350 g/mol. The topological polar surface area (TPSA) is 52.7 Å². The number of para-hydroxylation sites is 1. The van der Waals surface area contributed by atoms with Gasteiger partial charge in [-0.25, -0.2) is 0 Å². The summed E-state index contributed by atoms with van der Waals surface area (Å²) in [6.45, 7) is 6.51. The Labute approximate surface area is 168 Å². The predicted molar refractivity (Wildman–Crippen MR) is 111 cm³/mol. The van der Waals surface area contributed by atoms with Gasteiger partial charge in [-0.3, -0.25) is 9.59 Å². The van der Waals surface area contributed by atoms with Gasteiger partial charge in [0.05, 0.1) is 5.41 Å². The van der Waals surface area contributed by atoms with Crippen LogP contribution in [0.5, 0.6) is 0 Å². The maximum Gasteiger partial charge on any atom is 0.244 e. The molecule has 5 heteroatoms. The number of aryl methyl sites for hydroxylation is 1. The third-order valence-electron chi connectivity index (χ3n) is 6.90. The van der Waals surface area contributed by atoms with E-state index in [1.807, 2.05) is 18.7 Å². The number of amides is 2. The molecule has 1 saturated carbocycles. The average molecular weight is 384 g/mol. The van der Waals surface area contributed by atoms with Crippen LogP contribution in [-0.4, -0.2) is 48.4 Å². The molecule has 5 nitrogen and oxygen atoms in total. The fourth-order valence-electron chi connectivity index (χ4n) is 5.53. The molecule has 1 spiro atoms. The van der Waals surface area contributed by atoms with E-state index >= 15 is 0 Å². The van der Waals surface area contributed by atoms with Crippen molar-refractivity contribution < 1.29 is 9.59 Å². The van der Waals surface area contributed by atoms with E-state index in [2.05, 4.69) is 34.5 Å². The van der Waals surface area contributed by atoms with Crippen molar-refractivity contribution in [3.05, 3.63) is 29.8 Å². The number of hydrogen-bond donors (Lipinski definition) is 1. The van der Waals surface area contributed by atoms with Crippen molar-refractivity contribution in [2.24, 2.45) is 5.41 Å². The van der Waals surface area contributed by atoms with Crippen LogP contribution < -0.4 is 10.2 Å². The largest absolute Gasteiger partial charge is 0.370 e. The van der Waals surface area contributed by atoms with Crippen LogP contribution >= 0.6 is 0 Å². The SMILES string of the molecule is CC(C)N1C(=O)C2(CCCCC2)C1C(=O)NCCN1CCCc2ccccc21. The van der Waals surface area contributed by atoms with Crippen LogP contribution in [0, 0.1) is 5.41 Å². The Morgan fingerprint density at radius 3 is 2.68 bits per heavy atom. The number of rotatable bonds is 5. The van der Waals surface area contributed by atoms with Crippen molar-refractivity contribution in [1.82, 2.24) is 10.2 Å². The first kappa shape index (κ1) is 19.3. The van der Waals surface area contributed by atoms with Crippen LogP contribution in [0.4, 0.5) is 5.69 Å². The second-order valence-electron chi connectivity index (χ2n) is 8.94. The molecule has 28 heavy (non-hydrogen) atoms. The molecule has 1 N–H and O–H groups in total. The smallest absolute Gasteiger partial charge is 0.244 e. The van der Waals surface area contributed by atoms with Crippen molar-refractivity contribution >= 4 is 17.5 Å². The summed E-state index contributed by atoms with van der Waals surface area (Å²) < 4.78 is 0. The number of nitrogens with zero attached hydrogens (tertiary/aromatic N) is 2. The number of fused-ring (bicyclic) bond motifs is 1. The lowest BCUT2D eigenvalue weighted by atomic mass is 9.61. The Hall–Kier alpha value is -2.04. The summed E-state index contributed by atoms with van der Waals surface area (Å²) in [6.07, 6.45) is 7.33. The van der Waals surface area contributed by atoms with E-state index in [0.717, 1.165) is 51.6 Å². The molecule has 2 aliphatic heterocycles. The third-order valence-corrected chi connectivity index (χ3v) is 6.90. The van der Waals surface area contributed by atoms with Gasteiger partial charge in [0.1, 0.15) is 6.04 Å². The van der Waals surface area contributed by atoms with E-state index < -0.39 is 5.41 Å². The molecule has 0 radical (unpaired) electrons. The first-order valence-corrected chi connectivity index (χ1v) is 11.0. The van der Waals surface area contributed by atoms with Crippen LogP contribution in [0.25, 0.3) is 0 Å². The molecular formula is C23H33N3O2. The highest BCUT2D eigenvalue weighted by molar-refractivity contribution is 6.02. The average Bonchev–Trinajstić information content (AvgIpc) is 2.71. The summed E-state index contributed by atoms with van der Waals surface area (Å²) >= 11 is 0. The highest BCUT2D eigenvalue weighted by atomic mass is 16.2. The van der Waals surface area contributed by atoms with E-state index in [-0.39, 0.29) is 23.9 Å². The molecule has 2 heterocycles. The zero-order valence-electron chi connectivity index (χ0n) is 17.2. The molecule has 152 valence electrons. The molecule has 2 amide bonds. The minimum absolute atomic E-state index is 0.0421. The number of nitrogens with one attached hydrogen (secondary N) is 1. The second kappa shape index (κ2) is 7.76. The monoisotopic (exact) mass is 383 g/mol. The van der Waals surface area contributed by atoms with Gasteiger partial charge >= 0.3 is 0 Å². The van der Waals surface area contributed by atoms with Gasteiger partial charge in [-0.2, -0.15) is 0 Å².